The van der Waals surface area contributed by atoms with Crippen LogP contribution in [0.3, 0.4) is 0 Å². The van der Waals surface area contributed by atoms with E-state index in [1.165, 1.54) is 0 Å². The molecule has 0 bridgehead atoms. The molecule has 1 unspecified atom stereocenters. The quantitative estimate of drug-likeness (QED) is 0.690. The lowest BCUT2D eigenvalue weighted by molar-refractivity contribution is -0.123. The molecule has 140 valence electrons. The van der Waals surface area contributed by atoms with Crippen molar-refractivity contribution in [3.05, 3.63) is 64.2 Å². The smallest absolute Gasteiger partial charge is 0.322 e. The van der Waals surface area contributed by atoms with Gasteiger partial charge in [0.15, 0.2) is 0 Å². The molecule has 3 rings (SSSR count). The van der Waals surface area contributed by atoms with Crippen LogP contribution in [0.2, 0.25) is 5.02 Å². The lowest BCUT2D eigenvalue weighted by atomic mass is 9.92. The molecule has 0 aliphatic carbocycles. The van der Waals surface area contributed by atoms with Gasteiger partial charge in [-0.1, -0.05) is 35.9 Å². The summed E-state index contributed by atoms with van der Waals surface area (Å²) in [5.74, 6) is -0.568. The first kappa shape index (κ1) is 18.9. The molecular formula is C20H20ClN3O3. The highest BCUT2D eigenvalue weighted by Gasteiger charge is 2.43. The van der Waals surface area contributed by atoms with E-state index in [1.54, 1.807) is 31.2 Å². The zero-order valence-electron chi connectivity index (χ0n) is 15.1. The maximum absolute atomic E-state index is 12.3. The summed E-state index contributed by atoms with van der Waals surface area (Å²) in [6, 6.07) is 12.1. The normalized spacial score (nSPS) is 18.8. The second-order valence-electron chi connectivity index (χ2n) is 6.75. The Morgan fingerprint density at radius 1 is 1.19 bits per heavy atom. The number of anilines is 1. The van der Waals surface area contributed by atoms with Crippen molar-refractivity contribution < 1.29 is 14.4 Å². The van der Waals surface area contributed by atoms with Crippen LogP contribution in [0.4, 0.5) is 10.5 Å². The third-order valence-electron chi connectivity index (χ3n) is 4.65. The van der Waals surface area contributed by atoms with Gasteiger partial charge in [0.05, 0.1) is 0 Å². The molecule has 0 spiro atoms. The van der Waals surface area contributed by atoms with Crippen molar-refractivity contribution in [2.75, 3.05) is 5.32 Å². The molecule has 6 nitrogen and oxygen atoms in total. The zero-order chi connectivity index (χ0) is 19.6. The third kappa shape index (κ3) is 4.11. The third-order valence-corrected chi connectivity index (χ3v) is 5.05. The molecule has 4 amide bonds. The van der Waals surface area contributed by atoms with Crippen LogP contribution in [0.1, 0.15) is 30.0 Å². The average molecular weight is 386 g/mol. The van der Waals surface area contributed by atoms with E-state index < -0.39 is 17.5 Å². The molecular weight excluding hydrogens is 366 g/mol. The molecule has 1 heterocycles. The first-order valence-corrected chi connectivity index (χ1v) is 8.95. The summed E-state index contributed by atoms with van der Waals surface area (Å²) in [5.41, 5.74) is 1.99. The molecule has 27 heavy (non-hydrogen) atoms. The van der Waals surface area contributed by atoms with Crippen molar-refractivity contribution in [3.63, 3.8) is 0 Å². The Bertz CT molecular complexity index is 928. The summed E-state index contributed by atoms with van der Waals surface area (Å²) >= 11 is 6.11. The summed E-state index contributed by atoms with van der Waals surface area (Å²) in [4.78, 5) is 35.8. The highest BCUT2D eigenvalue weighted by Crippen LogP contribution is 2.26. The Balaban J connectivity index is 1.65. The SMILES string of the molecule is Cc1ccc(CCC(=O)Nc2cccc(C3(C)NC(=O)NC3=O)c2)cc1Cl. The van der Waals surface area contributed by atoms with Crippen LogP contribution in [0, 0.1) is 6.92 Å². The maximum Gasteiger partial charge on any atom is 0.322 e. The number of benzene rings is 2. The minimum Gasteiger partial charge on any atom is -0.326 e. The number of urea groups is 1. The van der Waals surface area contributed by atoms with Crippen LogP contribution in [0.15, 0.2) is 42.5 Å². The lowest BCUT2D eigenvalue weighted by Crippen LogP contribution is -2.40. The van der Waals surface area contributed by atoms with Gasteiger partial charge >= 0.3 is 6.03 Å². The van der Waals surface area contributed by atoms with Gasteiger partial charge in [0, 0.05) is 17.1 Å². The number of carbonyl (C=O) groups is 3. The Morgan fingerprint density at radius 2 is 1.96 bits per heavy atom. The van der Waals surface area contributed by atoms with Gasteiger partial charge in [-0.3, -0.25) is 14.9 Å². The second-order valence-corrected chi connectivity index (χ2v) is 7.15. The first-order chi connectivity index (χ1) is 12.8. The molecule has 0 radical (unpaired) electrons. The zero-order valence-corrected chi connectivity index (χ0v) is 15.8. The molecule has 7 heteroatoms. The van der Waals surface area contributed by atoms with Crippen molar-refractivity contribution in [2.24, 2.45) is 0 Å². The van der Waals surface area contributed by atoms with Gasteiger partial charge in [-0.05, 0) is 55.2 Å². The van der Waals surface area contributed by atoms with Crippen LogP contribution < -0.4 is 16.0 Å². The number of amides is 4. The van der Waals surface area contributed by atoms with Crippen molar-refractivity contribution in [1.82, 2.24) is 10.6 Å². The largest absolute Gasteiger partial charge is 0.326 e. The lowest BCUT2D eigenvalue weighted by Gasteiger charge is -2.21. The van der Waals surface area contributed by atoms with Gasteiger partial charge in [-0.15, -0.1) is 0 Å². The number of halogens is 1. The monoisotopic (exact) mass is 385 g/mol. The van der Waals surface area contributed by atoms with Crippen LogP contribution in [0.5, 0.6) is 0 Å². The highest BCUT2D eigenvalue weighted by molar-refractivity contribution is 6.31. The van der Waals surface area contributed by atoms with E-state index in [0.717, 1.165) is 11.1 Å². The molecule has 1 fully saturated rings. The number of hydrogen-bond acceptors (Lipinski definition) is 3. The molecule has 3 N–H and O–H groups in total. The van der Waals surface area contributed by atoms with Crippen LogP contribution in [-0.2, 0) is 21.5 Å². The summed E-state index contributed by atoms with van der Waals surface area (Å²) in [6.45, 7) is 3.55. The van der Waals surface area contributed by atoms with Crippen LogP contribution >= 0.6 is 11.6 Å². The summed E-state index contributed by atoms with van der Waals surface area (Å²) in [7, 11) is 0. The van der Waals surface area contributed by atoms with Crippen molar-refractivity contribution in [2.45, 2.75) is 32.2 Å². The fraction of sp³-hybridized carbons (Fsp3) is 0.250. The standard InChI is InChI=1S/C20H20ClN3O3/c1-12-6-7-13(10-16(12)21)8-9-17(25)22-15-5-3-4-14(11-15)20(2)18(26)23-19(27)24-20/h3-7,10-11H,8-9H2,1-2H3,(H,22,25)(H2,23,24,26,27). The van der Waals surface area contributed by atoms with Gasteiger partial charge < -0.3 is 10.6 Å². The van der Waals surface area contributed by atoms with E-state index in [4.69, 9.17) is 11.6 Å². The molecule has 1 aliphatic heterocycles. The predicted octanol–water partition coefficient (Wildman–Crippen LogP) is 3.27. The van der Waals surface area contributed by atoms with E-state index in [9.17, 15) is 14.4 Å². The average Bonchev–Trinajstić information content (AvgIpc) is 2.89. The Kier molecular flexibility index (Phi) is 5.19. The highest BCUT2D eigenvalue weighted by atomic mass is 35.5. The van der Waals surface area contributed by atoms with E-state index in [1.807, 2.05) is 25.1 Å². The van der Waals surface area contributed by atoms with Gasteiger partial charge in [0.1, 0.15) is 5.54 Å². The minimum atomic E-state index is -1.16. The van der Waals surface area contributed by atoms with E-state index in [2.05, 4.69) is 16.0 Å². The number of imide groups is 1. The number of rotatable bonds is 5. The van der Waals surface area contributed by atoms with E-state index in [-0.39, 0.29) is 5.91 Å². The molecule has 1 saturated heterocycles. The molecule has 2 aromatic rings. The van der Waals surface area contributed by atoms with Crippen molar-refractivity contribution in [1.29, 1.82) is 0 Å². The Hall–Kier alpha value is -2.86. The van der Waals surface area contributed by atoms with E-state index >= 15 is 0 Å². The Labute approximate surface area is 162 Å². The number of nitrogens with one attached hydrogen (secondary N) is 3. The predicted molar refractivity (Wildman–Crippen MR) is 104 cm³/mol. The van der Waals surface area contributed by atoms with Crippen molar-refractivity contribution >= 4 is 35.1 Å². The summed E-state index contributed by atoms with van der Waals surface area (Å²) < 4.78 is 0. The van der Waals surface area contributed by atoms with Crippen molar-refractivity contribution in [3.8, 4) is 0 Å². The van der Waals surface area contributed by atoms with E-state index in [0.29, 0.717) is 29.1 Å². The first-order valence-electron chi connectivity index (χ1n) is 8.57. The van der Waals surface area contributed by atoms with Crippen LogP contribution in [-0.4, -0.2) is 17.8 Å². The van der Waals surface area contributed by atoms with Crippen LogP contribution in [0.25, 0.3) is 0 Å². The van der Waals surface area contributed by atoms with Gasteiger partial charge in [0.25, 0.3) is 5.91 Å². The molecule has 1 aliphatic rings. The fourth-order valence-corrected chi connectivity index (χ4v) is 3.13. The molecule has 2 aromatic carbocycles. The number of carbonyl (C=O) groups excluding carboxylic acids is 3. The molecule has 0 saturated carbocycles. The minimum absolute atomic E-state index is 0.145. The number of aryl methyl sites for hydroxylation is 2. The topological polar surface area (TPSA) is 87.3 Å². The summed E-state index contributed by atoms with van der Waals surface area (Å²) in [5, 5.41) is 8.35. The Morgan fingerprint density at radius 3 is 2.63 bits per heavy atom. The van der Waals surface area contributed by atoms with Gasteiger partial charge in [-0.2, -0.15) is 0 Å². The van der Waals surface area contributed by atoms with Gasteiger partial charge in [0.2, 0.25) is 5.91 Å². The maximum atomic E-state index is 12.3. The molecule has 1 atom stereocenters. The summed E-state index contributed by atoms with van der Waals surface area (Å²) in [6.07, 6.45) is 0.875. The second kappa shape index (κ2) is 7.40. The van der Waals surface area contributed by atoms with Gasteiger partial charge in [-0.25, -0.2) is 4.79 Å². The number of hydrogen-bond donors (Lipinski definition) is 3. The fourth-order valence-electron chi connectivity index (χ4n) is 2.93. The molecule has 0 aromatic heterocycles.